The molecule has 2 heterocycles. The molecule has 2 aromatic heterocycles. The van der Waals surface area contributed by atoms with Gasteiger partial charge in [-0.3, -0.25) is 14.8 Å². The first-order valence-electron chi connectivity index (χ1n) is 10.9. The first-order valence-corrected chi connectivity index (χ1v) is 12.1. The number of halogens is 6. The number of alkyl halides is 3. The first kappa shape index (κ1) is 27.6. The van der Waals surface area contributed by atoms with E-state index in [4.69, 9.17) is 39.5 Å². The number of pyridine rings is 2. The molecule has 38 heavy (non-hydrogen) atoms. The molecule has 6 nitrogen and oxygen atoms in total. The van der Waals surface area contributed by atoms with Crippen LogP contribution in [-0.4, -0.2) is 35.0 Å². The van der Waals surface area contributed by atoms with Crippen LogP contribution >= 0.6 is 34.8 Å². The molecule has 1 atom stereocenters. The van der Waals surface area contributed by atoms with Gasteiger partial charge in [0.05, 0.1) is 44.5 Å². The number of hydrogen-bond donors (Lipinski definition) is 1. The number of nitrogens with one attached hydrogen (secondary N) is 1. The molecule has 4 aromatic rings. The summed E-state index contributed by atoms with van der Waals surface area (Å²) in [7, 11) is 1.17. The maximum absolute atomic E-state index is 13.4. The maximum atomic E-state index is 13.4. The number of carbonyl (C=O) groups excluding carboxylic acids is 2. The van der Waals surface area contributed by atoms with E-state index in [0.717, 1.165) is 12.3 Å². The summed E-state index contributed by atoms with van der Waals surface area (Å²) in [5.74, 6) is -1.42. The number of ether oxygens (including phenoxy) is 1. The molecule has 2 aromatic carbocycles. The molecule has 0 spiro atoms. The molecule has 12 heteroatoms. The largest absolute Gasteiger partial charge is 0.467 e. The third-order valence-corrected chi connectivity index (χ3v) is 6.73. The van der Waals surface area contributed by atoms with Gasteiger partial charge in [0.25, 0.3) is 5.91 Å². The molecule has 0 aliphatic heterocycles. The van der Waals surface area contributed by atoms with Gasteiger partial charge in [0.2, 0.25) is 0 Å². The van der Waals surface area contributed by atoms with E-state index in [1.807, 2.05) is 0 Å². The van der Waals surface area contributed by atoms with Crippen LogP contribution in [0.5, 0.6) is 0 Å². The zero-order valence-electron chi connectivity index (χ0n) is 19.4. The minimum Gasteiger partial charge on any atom is -0.467 e. The van der Waals surface area contributed by atoms with Gasteiger partial charge in [0, 0.05) is 29.8 Å². The van der Waals surface area contributed by atoms with E-state index in [1.54, 1.807) is 24.3 Å². The first-order chi connectivity index (χ1) is 18.0. The Morgan fingerprint density at radius 1 is 0.974 bits per heavy atom. The van der Waals surface area contributed by atoms with Crippen LogP contribution < -0.4 is 5.32 Å². The van der Waals surface area contributed by atoms with E-state index in [9.17, 15) is 22.8 Å². The van der Waals surface area contributed by atoms with Crippen LogP contribution in [0.4, 0.5) is 13.2 Å². The van der Waals surface area contributed by atoms with E-state index < -0.39 is 34.7 Å². The van der Waals surface area contributed by atoms with Gasteiger partial charge in [-0.2, -0.15) is 13.2 Å². The van der Waals surface area contributed by atoms with Gasteiger partial charge in [0.15, 0.2) is 0 Å². The Kier molecular flexibility index (Phi) is 8.10. The smallest absolute Gasteiger partial charge is 0.417 e. The Labute approximate surface area is 229 Å². The topological polar surface area (TPSA) is 81.2 Å². The normalized spacial score (nSPS) is 12.3. The Morgan fingerprint density at radius 3 is 2.34 bits per heavy atom. The van der Waals surface area contributed by atoms with Crippen molar-refractivity contribution in [2.75, 3.05) is 7.11 Å². The molecule has 0 aliphatic carbocycles. The number of methoxy groups -OCH3 is 1. The second-order valence-corrected chi connectivity index (χ2v) is 9.23. The van der Waals surface area contributed by atoms with Crippen molar-refractivity contribution in [2.24, 2.45) is 0 Å². The highest BCUT2D eigenvalue weighted by atomic mass is 35.5. The van der Waals surface area contributed by atoms with Crippen LogP contribution in [0.15, 0.2) is 60.9 Å². The fraction of sp³-hybridized carbons (Fsp3) is 0.154. The summed E-state index contributed by atoms with van der Waals surface area (Å²) in [5, 5.41) is 2.75. The summed E-state index contributed by atoms with van der Waals surface area (Å²) in [4.78, 5) is 33.9. The van der Waals surface area contributed by atoms with Crippen molar-refractivity contribution >= 4 is 57.6 Å². The molecule has 0 saturated carbocycles. The fourth-order valence-electron chi connectivity index (χ4n) is 3.95. The summed E-state index contributed by atoms with van der Waals surface area (Å²) in [6.07, 6.45) is -2.22. The molecule has 0 radical (unpaired) electrons. The highest BCUT2D eigenvalue weighted by molar-refractivity contribution is 6.39. The van der Waals surface area contributed by atoms with Gasteiger partial charge < -0.3 is 10.1 Å². The van der Waals surface area contributed by atoms with E-state index in [2.05, 4.69) is 15.3 Å². The second-order valence-electron chi connectivity index (χ2n) is 8.04. The van der Waals surface area contributed by atoms with Crippen molar-refractivity contribution in [3.05, 3.63) is 92.7 Å². The molecule has 1 N–H and O–H groups in total. The number of nitrogens with zero attached hydrogens (tertiary/aromatic N) is 2. The van der Waals surface area contributed by atoms with Crippen molar-refractivity contribution < 1.29 is 27.5 Å². The molecule has 4 rings (SSSR count). The number of esters is 1. The van der Waals surface area contributed by atoms with E-state index in [1.165, 1.54) is 31.5 Å². The molecule has 0 aliphatic rings. The predicted octanol–water partition coefficient (Wildman–Crippen LogP) is 6.79. The number of aromatic nitrogens is 2. The molecule has 196 valence electrons. The average molecular weight is 583 g/mol. The van der Waals surface area contributed by atoms with Crippen molar-refractivity contribution in [3.8, 4) is 11.3 Å². The minimum atomic E-state index is -4.67. The Balaban J connectivity index is 1.75. The molecule has 1 amide bonds. The van der Waals surface area contributed by atoms with Crippen LogP contribution in [0.1, 0.15) is 21.5 Å². The van der Waals surface area contributed by atoms with Gasteiger partial charge >= 0.3 is 12.1 Å². The summed E-state index contributed by atoms with van der Waals surface area (Å²) in [6, 6.07) is 10.6. The Bertz CT molecular complexity index is 1530. The van der Waals surface area contributed by atoms with E-state index >= 15 is 0 Å². The lowest BCUT2D eigenvalue weighted by atomic mass is 9.96. The second kappa shape index (κ2) is 11.1. The van der Waals surface area contributed by atoms with Crippen LogP contribution in [-0.2, 0) is 22.1 Å². The quantitative estimate of drug-likeness (QED) is 0.253. The molecule has 0 bridgehead atoms. The lowest BCUT2D eigenvalue weighted by Crippen LogP contribution is -2.43. The SMILES string of the molecule is COC(=O)[C@H](Cc1ccc(-c2nccc(C(F)(F)F)c2Cl)c2ncccc12)NC(=O)c1c(Cl)cccc1Cl. The Hall–Kier alpha value is -3.40. The number of benzene rings is 2. The lowest BCUT2D eigenvalue weighted by molar-refractivity contribution is -0.142. The minimum absolute atomic E-state index is 0.00290. The number of fused-ring (bicyclic) bond motifs is 1. The zero-order chi connectivity index (χ0) is 27.6. The highest BCUT2D eigenvalue weighted by Crippen LogP contribution is 2.40. The highest BCUT2D eigenvalue weighted by Gasteiger charge is 2.35. The lowest BCUT2D eigenvalue weighted by Gasteiger charge is -2.19. The fourth-order valence-corrected chi connectivity index (χ4v) is 4.84. The van der Waals surface area contributed by atoms with Gasteiger partial charge in [-0.05, 0) is 29.8 Å². The van der Waals surface area contributed by atoms with Gasteiger partial charge in [0.1, 0.15) is 6.04 Å². The van der Waals surface area contributed by atoms with Gasteiger partial charge in [-0.15, -0.1) is 0 Å². The van der Waals surface area contributed by atoms with Gasteiger partial charge in [-0.1, -0.05) is 59.1 Å². The number of amides is 1. The standard InChI is InChI=1S/C26H17Cl3F3N3O3/c1-38-25(37)19(35-24(36)20-17(27)5-2-6-18(20)28)12-13-7-8-15(22-14(13)4-3-10-33-22)23-21(29)16(9-11-34-23)26(30,31)32/h2-11,19H,12H2,1H3,(H,35,36)/t19-/m0/s1. The molecule has 0 saturated heterocycles. The van der Waals surface area contributed by atoms with Crippen molar-refractivity contribution in [1.82, 2.24) is 15.3 Å². The molecule has 0 fully saturated rings. The average Bonchev–Trinajstić information content (AvgIpc) is 2.87. The number of hydrogen-bond acceptors (Lipinski definition) is 5. The van der Waals surface area contributed by atoms with Crippen LogP contribution in [0.2, 0.25) is 15.1 Å². The van der Waals surface area contributed by atoms with Crippen LogP contribution in [0.25, 0.3) is 22.2 Å². The molecule has 0 unspecified atom stereocenters. The van der Waals surface area contributed by atoms with E-state index in [-0.39, 0.29) is 33.3 Å². The van der Waals surface area contributed by atoms with E-state index in [0.29, 0.717) is 16.5 Å². The zero-order valence-corrected chi connectivity index (χ0v) is 21.7. The van der Waals surface area contributed by atoms with Crippen LogP contribution in [0.3, 0.4) is 0 Å². The third-order valence-electron chi connectivity index (χ3n) is 5.71. The molecular weight excluding hydrogens is 566 g/mol. The number of rotatable bonds is 6. The van der Waals surface area contributed by atoms with Gasteiger partial charge in [-0.25, -0.2) is 4.79 Å². The summed E-state index contributed by atoms with van der Waals surface area (Å²) >= 11 is 18.4. The monoisotopic (exact) mass is 581 g/mol. The third kappa shape index (κ3) is 5.55. The Morgan fingerprint density at radius 2 is 1.68 bits per heavy atom. The summed E-state index contributed by atoms with van der Waals surface area (Å²) in [6.45, 7) is 0. The van der Waals surface area contributed by atoms with Crippen molar-refractivity contribution in [2.45, 2.75) is 18.6 Å². The summed E-state index contributed by atoms with van der Waals surface area (Å²) < 4.78 is 45.2. The summed E-state index contributed by atoms with van der Waals surface area (Å²) in [5.41, 5.74) is 0.00879. The molecular formula is C26H17Cl3F3N3O3. The van der Waals surface area contributed by atoms with Crippen molar-refractivity contribution in [3.63, 3.8) is 0 Å². The maximum Gasteiger partial charge on any atom is 0.417 e. The number of carbonyl (C=O) groups is 2. The van der Waals surface area contributed by atoms with Crippen molar-refractivity contribution in [1.29, 1.82) is 0 Å². The van der Waals surface area contributed by atoms with Crippen LogP contribution in [0, 0.1) is 0 Å². The predicted molar refractivity (Wildman–Crippen MR) is 138 cm³/mol.